The van der Waals surface area contributed by atoms with Crippen molar-refractivity contribution in [2.75, 3.05) is 13.1 Å². The van der Waals surface area contributed by atoms with Gasteiger partial charge >= 0.3 is 0 Å². The fourth-order valence-electron chi connectivity index (χ4n) is 3.70. The molecule has 21 heavy (non-hydrogen) atoms. The molecule has 0 aromatic carbocycles. The van der Waals surface area contributed by atoms with Crippen LogP contribution in [0, 0.1) is 11.8 Å². The Bertz CT molecular complexity index is 683. The molecule has 6 nitrogen and oxygen atoms in total. The van der Waals surface area contributed by atoms with Gasteiger partial charge in [0.25, 0.3) is 5.91 Å². The Labute approximate surface area is 122 Å². The Kier molecular flexibility index (Phi) is 2.92. The summed E-state index contributed by atoms with van der Waals surface area (Å²) in [6, 6.07) is 3.58. The minimum atomic E-state index is -0.186. The lowest BCUT2D eigenvalue weighted by Crippen LogP contribution is -2.29. The van der Waals surface area contributed by atoms with E-state index < -0.39 is 0 Å². The van der Waals surface area contributed by atoms with Gasteiger partial charge in [0.2, 0.25) is 0 Å². The fourth-order valence-corrected chi connectivity index (χ4v) is 3.70. The summed E-state index contributed by atoms with van der Waals surface area (Å²) >= 11 is 0. The summed E-state index contributed by atoms with van der Waals surface area (Å²) in [4.78, 5) is 18.7. The molecule has 0 bridgehead atoms. The molecule has 1 saturated heterocycles. The number of likely N-dealkylation sites (tertiary alicyclic amines) is 1. The molecule has 110 valence electrons. The number of aliphatic hydroxyl groups is 1. The van der Waals surface area contributed by atoms with Crippen molar-refractivity contribution < 1.29 is 9.90 Å². The van der Waals surface area contributed by atoms with Gasteiger partial charge in [0.05, 0.1) is 6.10 Å². The van der Waals surface area contributed by atoms with Crippen LogP contribution in [0.5, 0.6) is 0 Å². The second kappa shape index (κ2) is 4.80. The van der Waals surface area contributed by atoms with E-state index in [-0.39, 0.29) is 12.0 Å². The van der Waals surface area contributed by atoms with Crippen molar-refractivity contribution >= 4 is 11.6 Å². The quantitative estimate of drug-likeness (QED) is 0.847. The van der Waals surface area contributed by atoms with Crippen molar-refractivity contribution in [3.05, 3.63) is 30.2 Å². The summed E-state index contributed by atoms with van der Waals surface area (Å²) in [7, 11) is 0. The van der Waals surface area contributed by atoms with Gasteiger partial charge in [0.1, 0.15) is 6.33 Å². The van der Waals surface area contributed by atoms with Crippen LogP contribution in [-0.4, -0.2) is 49.7 Å². The highest BCUT2D eigenvalue weighted by atomic mass is 16.3. The molecule has 0 spiro atoms. The van der Waals surface area contributed by atoms with Gasteiger partial charge in [-0.3, -0.25) is 4.79 Å². The Balaban J connectivity index is 1.55. The van der Waals surface area contributed by atoms with Crippen molar-refractivity contribution in [3.8, 4) is 0 Å². The number of aromatic nitrogens is 3. The predicted octanol–water partition coefficient (Wildman–Crippen LogP) is 0.962. The highest BCUT2D eigenvalue weighted by molar-refractivity contribution is 5.95. The highest BCUT2D eigenvalue weighted by Gasteiger charge is 2.39. The van der Waals surface area contributed by atoms with E-state index in [2.05, 4.69) is 10.1 Å². The molecule has 1 saturated carbocycles. The van der Waals surface area contributed by atoms with E-state index in [1.807, 2.05) is 4.90 Å². The van der Waals surface area contributed by atoms with Crippen LogP contribution in [0.15, 0.2) is 24.7 Å². The van der Waals surface area contributed by atoms with E-state index >= 15 is 0 Å². The maximum atomic E-state index is 12.6. The fraction of sp³-hybridized carbons (Fsp3) is 0.533. The first-order valence-corrected chi connectivity index (χ1v) is 7.47. The summed E-state index contributed by atoms with van der Waals surface area (Å²) in [5, 5.41) is 13.8. The molecular weight excluding hydrogens is 268 g/mol. The number of hydrogen-bond donors (Lipinski definition) is 1. The summed E-state index contributed by atoms with van der Waals surface area (Å²) < 4.78 is 1.65. The number of pyridine rings is 1. The maximum Gasteiger partial charge on any atom is 0.254 e. The molecule has 1 aliphatic carbocycles. The van der Waals surface area contributed by atoms with E-state index in [1.54, 1.807) is 22.8 Å². The van der Waals surface area contributed by atoms with E-state index in [9.17, 15) is 9.90 Å². The zero-order valence-corrected chi connectivity index (χ0v) is 11.7. The minimum absolute atomic E-state index is 0.0596. The Morgan fingerprint density at radius 3 is 3.05 bits per heavy atom. The highest BCUT2D eigenvalue weighted by Crippen LogP contribution is 2.36. The van der Waals surface area contributed by atoms with E-state index in [4.69, 9.17) is 0 Å². The van der Waals surface area contributed by atoms with Gasteiger partial charge in [-0.05, 0) is 43.2 Å². The molecule has 4 rings (SSSR count). The lowest BCUT2D eigenvalue weighted by atomic mass is 9.80. The molecule has 0 radical (unpaired) electrons. The van der Waals surface area contributed by atoms with Crippen molar-refractivity contribution in [2.24, 2.45) is 11.8 Å². The zero-order chi connectivity index (χ0) is 14.4. The third-order valence-corrected chi connectivity index (χ3v) is 4.84. The first-order valence-electron chi connectivity index (χ1n) is 7.47. The van der Waals surface area contributed by atoms with E-state index in [0.717, 1.165) is 32.4 Å². The summed E-state index contributed by atoms with van der Waals surface area (Å²) in [5.41, 5.74) is 1.35. The van der Waals surface area contributed by atoms with Crippen molar-refractivity contribution in [3.63, 3.8) is 0 Å². The molecule has 2 aliphatic rings. The van der Waals surface area contributed by atoms with Crippen molar-refractivity contribution in [1.29, 1.82) is 0 Å². The van der Waals surface area contributed by atoms with Crippen molar-refractivity contribution in [1.82, 2.24) is 19.5 Å². The lowest BCUT2D eigenvalue weighted by Gasteiger charge is -2.27. The second-order valence-electron chi connectivity index (χ2n) is 6.18. The van der Waals surface area contributed by atoms with E-state index in [0.29, 0.717) is 23.0 Å². The topological polar surface area (TPSA) is 70.7 Å². The van der Waals surface area contributed by atoms with Gasteiger partial charge in [0, 0.05) is 24.8 Å². The molecule has 3 atom stereocenters. The van der Waals surface area contributed by atoms with Crippen LogP contribution in [0.25, 0.3) is 5.65 Å². The Hall–Kier alpha value is -1.95. The van der Waals surface area contributed by atoms with Crippen LogP contribution in [-0.2, 0) is 0 Å². The molecule has 3 heterocycles. The van der Waals surface area contributed by atoms with Crippen LogP contribution in [0.2, 0.25) is 0 Å². The number of carbonyl (C=O) groups excluding carboxylic acids is 1. The van der Waals surface area contributed by atoms with Gasteiger partial charge in [0.15, 0.2) is 5.65 Å². The molecule has 2 aromatic heterocycles. The van der Waals surface area contributed by atoms with Gasteiger partial charge in [-0.25, -0.2) is 9.50 Å². The molecule has 2 fully saturated rings. The average Bonchev–Trinajstić information content (AvgIpc) is 3.11. The predicted molar refractivity (Wildman–Crippen MR) is 75.7 cm³/mol. The number of nitrogens with zero attached hydrogens (tertiary/aromatic N) is 4. The van der Waals surface area contributed by atoms with Crippen molar-refractivity contribution in [2.45, 2.75) is 25.4 Å². The average molecular weight is 286 g/mol. The number of carbonyl (C=O) groups is 1. The standard InChI is InChI=1S/C15H18N4O2/c20-13-2-1-11-7-18(8-12(11)5-13)15(21)10-3-4-19-14(6-10)16-9-17-19/h3-4,6,9,11-13,20H,1-2,5,7-8H2. The maximum absolute atomic E-state index is 12.6. The SMILES string of the molecule is O=C(c1ccn2ncnc2c1)N1CC2CCC(O)CC2C1. The Morgan fingerprint density at radius 1 is 1.29 bits per heavy atom. The Morgan fingerprint density at radius 2 is 2.14 bits per heavy atom. The number of amides is 1. The summed E-state index contributed by atoms with van der Waals surface area (Å²) in [6.45, 7) is 1.58. The van der Waals surface area contributed by atoms with Crippen LogP contribution in [0.3, 0.4) is 0 Å². The number of aliphatic hydroxyl groups excluding tert-OH is 1. The molecule has 2 aromatic rings. The molecule has 1 aliphatic heterocycles. The number of hydrogen-bond acceptors (Lipinski definition) is 4. The molecule has 1 amide bonds. The van der Waals surface area contributed by atoms with Crippen LogP contribution < -0.4 is 0 Å². The van der Waals surface area contributed by atoms with Gasteiger partial charge in [-0.2, -0.15) is 5.10 Å². The van der Waals surface area contributed by atoms with Gasteiger partial charge < -0.3 is 10.0 Å². The van der Waals surface area contributed by atoms with Gasteiger partial charge in [-0.1, -0.05) is 0 Å². The van der Waals surface area contributed by atoms with Crippen LogP contribution in [0.1, 0.15) is 29.6 Å². The molecule has 3 unspecified atom stereocenters. The second-order valence-corrected chi connectivity index (χ2v) is 6.18. The summed E-state index contributed by atoms with van der Waals surface area (Å²) in [5.74, 6) is 1.06. The lowest BCUT2D eigenvalue weighted by molar-refractivity contribution is 0.0776. The van der Waals surface area contributed by atoms with Crippen LogP contribution in [0.4, 0.5) is 0 Å². The molecular formula is C15H18N4O2. The monoisotopic (exact) mass is 286 g/mol. The third kappa shape index (κ3) is 2.19. The van der Waals surface area contributed by atoms with Gasteiger partial charge in [-0.15, -0.1) is 0 Å². The van der Waals surface area contributed by atoms with Crippen LogP contribution >= 0.6 is 0 Å². The molecule has 6 heteroatoms. The number of fused-ring (bicyclic) bond motifs is 2. The largest absolute Gasteiger partial charge is 0.393 e. The smallest absolute Gasteiger partial charge is 0.254 e. The number of rotatable bonds is 1. The first-order chi connectivity index (χ1) is 10.2. The third-order valence-electron chi connectivity index (χ3n) is 4.84. The first kappa shape index (κ1) is 12.8. The summed E-state index contributed by atoms with van der Waals surface area (Å²) in [6.07, 6.45) is 5.79. The van der Waals surface area contributed by atoms with E-state index in [1.165, 1.54) is 6.33 Å². The zero-order valence-electron chi connectivity index (χ0n) is 11.7. The normalized spacial score (nSPS) is 28.8. The molecule has 1 N–H and O–H groups in total. The minimum Gasteiger partial charge on any atom is -0.393 e.